The SMILES string of the molecule is CC(C=O)C(O[Si](CCC(F)(F)C(F)(F)C(F)(F)C(F)(F)C(F)(F)C(F)(F)F)(C(C)C)C(C)C)C(C)COC(c1ccccc1)(c1ccccc1)c1ccccc1. The molecule has 0 aromatic heterocycles. The smallest absolute Gasteiger partial charge is 0.412 e. The first-order valence-corrected chi connectivity index (χ1v) is 20.3. The van der Waals surface area contributed by atoms with E-state index in [0.717, 1.165) is 0 Å². The number of hydrogen-bond donors (Lipinski definition) is 0. The second-order valence-corrected chi connectivity index (χ2v) is 19.9. The van der Waals surface area contributed by atoms with Crippen molar-refractivity contribution in [2.45, 2.75) is 113 Å². The molecule has 0 aliphatic rings. The van der Waals surface area contributed by atoms with Crippen LogP contribution in [0.3, 0.4) is 0 Å². The van der Waals surface area contributed by atoms with Crippen LogP contribution in [0.2, 0.25) is 17.1 Å². The van der Waals surface area contributed by atoms with Gasteiger partial charge >= 0.3 is 35.8 Å². The molecular weight excluding hydrogens is 803 g/mol. The van der Waals surface area contributed by atoms with Gasteiger partial charge in [-0.3, -0.25) is 0 Å². The molecule has 0 spiro atoms. The minimum atomic E-state index is -7.99. The fourth-order valence-electron chi connectivity index (χ4n) is 7.08. The Bertz CT molecular complexity index is 1620. The van der Waals surface area contributed by atoms with Crippen molar-refractivity contribution in [3.8, 4) is 0 Å². The van der Waals surface area contributed by atoms with Crippen LogP contribution in [0.1, 0.15) is 64.7 Å². The Morgan fingerprint density at radius 1 is 0.561 bits per heavy atom. The molecule has 0 heterocycles. The average molecular weight is 849 g/mol. The molecule has 0 aliphatic carbocycles. The number of halogens is 13. The highest BCUT2D eigenvalue weighted by Gasteiger charge is 2.90. The summed E-state index contributed by atoms with van der Waals surface area (Å²) in [6.07, 6.45) is -10.6. The lowest BCUT2D eigenvalue weighted by Crippen LogP contribution is -2.70. The van der Waals surface area contributed by atoms with Crippen molar-refractivity contribution in [1.29, 1.82) is 0 Å². The van der Waals surface area contributed by atoms with Gasteiger partial charge in [0.2, 0.25) is 0 Å². The minimum absolute atomic E-state index is 0.189. The second-order valence-electron chi connectivity index (χ2n) is 14.9. The molecule has 0 N–H and O–H groups in total. The number of aldehydes is 1. The first-order valence-electron chi connectivity index (χ1n) is 18.0. The van der Waals surface area contributed by atoms with E-state index in [0.29, 0.717) is 23.0 Å². The van der Waals surface area contributed by atoms with E-state index in [1.165, 1.54) is 34.6 Å². The number of hydrogen-bond acceptors (Lipinski definition) is 3. The fraction of sp³-hybridized carbons (Fsp3) is 0.525. The molecule has 0 amide bonds. The Kier molecular flexibility index (Phi) is 14.6. The van der Waals surface area contributed by atoms with Crippen molar-refractivity contribution in [1.82, 2.24) is 0 Å². The van der Waals surface area contributed by atoms with Crippen molar-refractivity contribution in [3.05, 3.63) is 108 Å². The zero-order valence-electron chi connectivity index (χ0n) is 31.9. The summed E-state index contributed by atoms with van der Waals surface area (Å²) in [6, 6.07) is 26.0. The topological polar surface area (TPSA) is 35.5 Å². The number of rotatable bonds is 20. The van der Waals surface area contributed by atoms with Crippen molar-refractivity contribution in [2.24, 2.45) is 11.8 Å². The number of ether oxygens (including phenoxy) is 1. The summed E-state index contributed by atoms with van der Waals surface area (Å²) in [4.78, 5) is 12.3. The summed E-state index contributed by atoms with van der Waals surface area (Å²) in [6.45, 7) is 8.65. The van der Waals surface area contributed by atoms with Crippen LogP contribution < -0.4 is 0 Å². The summed E-state index contributed by atoms with van der Waals surface area (Å²) in [5.41, 5.74) is -0.817. The van der Waals surface area contributed by atoms with E-state index in [2.05, 4.69) is 0 Å². The third-order valence-electron chi connectivity index (χ3n) is 10.5. The van der Waals surface area contributed by atoms with Gasteiger partial charge in [0.1, 0.15) is 11.9 Å². The van der Waals surface area contributed by atoms with Gasteiger partial charge in [0.25, 0.3) is 0 Å². The van der Waals surface area contributed by atoms with Crippen LogP contribution in [0.25, 0.3) is 0 Å². The highest BCUT2D eigenvalue weighted by atomic mass is 28.4. The van der Waals surface area contributed by atoms with Crippen molar-refractivity contribution < 1.29 is 71.0 Å². The van der Waals surface area contributed by atoms with Crippen molar-refractivity contribution in [2.75, 3.05) is 6.61 Å². The lowest BCUT2D eigenvalue weighted by molar-refractivity contribution is -0.440. The highest BCUT2D eigenvalue weighted by molar-refractivity contribution is 6.76. The summed E-state index contributed by atoms with van der Waals surface area (Å²) >= 11 is 0. The van der Waals surface area contributed by atoms with Crippen LogP contribution >= 0.6 is 0 Å². The molecule has 318 valence electrons. The van der Waals surface area contributed by atoms with Crippen LogP contribution in [-0.4, -0.2) is 63.1 Å². The molecule has 0 saturated carbocycles. The monoisotopic (exact) mass is 848 g/mol. The van der Waals surface area contributed by atoms with Crippen molar-refractivity contribution >= 4 is 14.6 Å². The number of benzene rings is 3. The van der Waals surface area contributed by atoms with Crippen LogP contribution in [0.5, 0.6) is 0 Å². The third kappa shape index (κ3) is 8.80. The summed E-state index contributed by atoms with van der Waals surface area (Å²) in [5.74, 6) is -39.2. The summed E-state index contributed by atoms with van der Waals surface area (Å²) in [5, 5.41) is 0. The molecule has 0 radical (unpaired) electrons. The van der Waals surface area contributed by atoms with E-state index in [9.17, 15) is 53.1 Å². The number of alkyl halides is 13. The molecule has 0 bridgehead atoms. The maximum Gasteiger partial charge on any atom is 0.460 e. The first kappa shape index (κ1) is 47.9. The van der Waals surface area contributed by atoms with E-state index in [4.69, 9.17) is 9.16 Å². The molecule has 0 aliphatic heterocycles. The maximum absolute atomic E-state index is 15.2. The molecule has 57 heavy (non-hydrogen) atoms. The number of carbonyl (C=O) groups is 1. The first-order chi connectivity index (χ1) is 26.1. The van der Waals surface area contributed by atoms with Crippen LogP contribution in [0, 0.1) is 11.8 Å². The molecule has 3 rings (SSSR count). The highest BCUT2D eigenvalue weighted by Crippen LogP contribution is 2.61. The lowest BCUT2D eigenvalue weighted by Gasteiger charge is -2.46. The van der Waals surface area contributed by atoms with Gasteiger partial charge in [-0.25, -0.2) is 0 Å². The van der Waals surface area contributed by atoms with Gasteiger partial charge in [-0.15, -0.1) is 0 Å². The van der Waals surface area contributed by atoms with Gasteiger partial charge in [-0.05, 0) is 33.8 Å². The molecule has 3 aromatic rings. The zero-order valence-corrected chi connectivity index (χ0v) is 32.9. The Morgan fingerprint density at radius 3 is 1.26 bits per heavy atom. The van der Waals surface area contributed by atoms with E-state index >= 15 is 8.78 Å². The van der Waals surface area contributed by atoms with E-state index < -0.39 is 91.2 Å². The fourth-order valence-corrected chi connectivity index (χ4v) is 11.9. The number of carbonyl (C=O) groups excluding carboxylic acids is 1. The molecule has 3 nitrogen and oxygen atoms in total. The Morgan fingerprint density at radius 2 is 0.930 bits per heavy atom. The standard InChI is InChI=1S/C40H45F13O3Si/c1-26(2)57(27(3)4,23-22-34(41,42)36(43,44)37(45,46)38(47,48)39(49,50)40(51,52)53)56-33(28(5)24-54)29(6)25-55-35(30-16-10-7-11-17-30,31-18-12-8-13-19-31)32-20-14-9-15-21-32/h7-21,24,26-29,33H,22-23,25H2,1-6H3. The molecular formula is C40H45F13O3Si. The van der Waals surface area contributed by atoms with Crippen LogP contribution in [-0.2, 0) is 19.6 Å². The predicted molar refractivity (Wildman–Crippen MR) is 191 cm³/mol. The minimum Gasteiger partial charge on any atom is -0.412 e. The van der Waals surface area contributed by atoms with Gasteiger partial charge in [-0.2, -0.15) is 57.1 Å². The lowest BCUT2D eigenvalue weighted by atomic mass is 9.80. The van der Waals surface area contributed by atoms with Gasteiger partial charge in [0, 0.05) is 18.3 Å². The quantitative estimate of drug-likeness (QED) is 0.0492. The summed E-state index contributed by atoms with van der Waals surface area (Å²) < 4.78 is 195. The Balaban J connectivity index is 2.06. The molecule has 3 aromatic carbocycles. The second kappa shape index (κ2) is 17.4. The van der Waals surface area contributed by atoms with Gasteiger partial charge in [-0.1, -0.05) is 133 Å². The molecule has 0 fully saturated rings. The van der Waals surface area contributed by atoms with Crippen molar-refractivity contribution in [3.63, 3.8) is 0 Å². The summed E-state index contributed by atoms with van der Waals surface area (Å²) in [7, 11) is -4.07. The molecule has 0 saturated heterocycles. The van der Waals surface area contributed by atoms with Gasteiger partial charge in [0.05, 0.1) is 12.7 Å². The largest absolute Gasteiger partial charge is 0.460 e. The van der Waals surface area contributed by atoms with Gasteiger partial charge in [0.15, 0.2) is 8.32 Å². The van der Waals surface area contributed by atoms with E-state index in [-0.39, 0.29) is 6.61 Å². The third-order valence-corrected chi connectivity index (χ3v) is 16.2. The molecule has 3 atom stereocenters. The average Bonchev–Trinajstić information content (AvgIpc) is 3.15. The van der Waals surface area contributed by atoms with Gasteiger partial charge < -0.3 is 14.0 Å². The normalized spacial score (nSPS) is 15.8. The van der Waals surface area contributed by atoms with E-state index in [1.54, 1.807) is 61.5 Å². The Hall–Kier alpha value is -3.44. The molecule has 17 heteroatoms. The predicted octanol–water partition coefficient (Wildman–Crippen LogP) is 12.7. The Labute approximate surface area is 324 Å². The zero-order chi connectivity index (χ0) is 43.5. The maximum atomic E-state index is 15.2. The van der Waals surface area contributed by atoms with Crippen LogP contribution in [0.15, 0.2) is 91.0 Å². The van der Waals surface area contributed by atoms with E-state index in [1.807, 2.05) is 36.4 Å². The molecule has 3 unspecified atom stereocenters. The van der Waals surface area contributed by atoms with Crippen LogP contribution in [0.4, 0.5) is 57.1 Å².